The van der Waals surface area contributed by atoms with E-state index >= 15 is 0 Å². The summed E-state index contributed by atoms with van der Waals surface area (Å²) in [4.78, 5) is 31.7. The lowest BCUT2D eigenvalue weighted by Gasteiger charge is -2.18. The Kier molecular flexibility index (Phi) is 5.31. The third-order valence-corrected chi connectivity index (χ3v) is 5.38. The van der Waals surface area contributed by atoms with Crippen LogP contribution in [0.5, 0.6) is 11.5 Å². The number of hydrogen-bond acceptors (Lipinski definition) is 5. The van der Waals surface area contributed by atoms with Gasteiger partial charge in [-0.15, -0.1) is 0 Å². The predicted molar refractivity (Wildman–Crippen MR) is 114 cm³/mol. The fourth-order valence-electron chi connectivity index (χ4n) is 3.83. The molecule has 4 rings (SSSR count). The summed E-state index contributed by atoms with van der Waals surface area (Å²) in [7, 11) is 3.10. The van der Waals surface area contributed by atoms with E-state index in [1.165, 1.54) is 0 Å². The molecule has 2 heterocycles. The molecule has 1 unspecified atom stereocenters. The number of aryl methyl sites for hydroxylation is 1. The number of benzene rings is 2. The zero-order valence-corrected chi connectivity index (χ0v) is 17.2. The van der Waals surface area contributed by atoms with Crippen molar-refractivity contribution < 1.29 is 19.1 Å². The fourth-order valence-corrected chi connectivity index (χ4v) is 3.83. The van der Waals surface area contributed by atoms with E-state index in [1.807, 2.05) is 35.8 Å². The van der Waals surface area contributed by atoms with Gasteiger partial charge in [0.05, 0.1) is 31.2 Å². The maximum atomic E-state index is 12.9. The molecule has 0 aliphatic carbocycles. The van der Waals surface area contributed by atoms with Gasteiger partial charge in [-0.05, 0) is 31.2 Å². The Labute approximate surface area is 174 Å². The predicted octanol–water partition coefficient (Wildman–Crippen LogP) is 3.07. The monoisotopic (exact) mass is 408 g/mol. The van der Waals surface area contributed by atoms with Gasteiger partial charge in [-0.2, -0.15) is 0 Å². The van der Waals surface area contributed by atoms with Crippen molar-refractivity contribution in [3.63, 3.8) is 0 Å². The average molecular weight is 408 g/mol. The highest BCUT2D eigenvalue weighted by molar-refractivity contribution is 6.03. The minimum Gasteiger partial charge on any atom is -0.493 e. The van der Waals surface area contributed by atoms with Gasteiger partial charge in [-0.1, -0.05) is 12.1 Å². The Morgan fingerprint density at radius 1 is 1.17 bits per heavy atom. The van der Waals surface area contributed by atoms with E-state index in [0.29, 0.717) is 36.2 Å². The zero-order valence-electron chi connectivity index (χ0n) is 17.2. The number of carbonyl (C=O) groups excluding carboxylic acids is 2. The molecular weight excluding hydrogens is 384 g/mol. The van der Waals surface area contributed by atoms with Crippen molar-refractivity contribution >= 4 is 34.5 Å². The molecule has 2 amide bonds. The summed E-state index contributed by atoms with van der Waals surface area (Å²) in [5, 5.41) is 2.92. The number of hydrogen-bond donors (Lipinski definition) is 1. The highest BCUT2D eigenvalue weighted by Crippen LogP contribution is 2.34. The van der Waals surface area contributed by atoms with E-state index in [9.17, 15) is 9.59 Å². The van der Waals surface area contributed by atoms with Gasteiger partial charge in [0.15, 0.2) is 11.5 Å². The van der Waals surface area contributed by atoms with Gasteiger partial charge in [0.1, 0.15) is 0 Å². The number of aromatic nitrogens is 2. The quantitative estimate of drug-likeness (QED) is 0.678. The van der Waals surface area contributed by atoms with Gasteiger partial charge in [0.2, 0.25) is 17.8 Å². The molecule has 0 spiro atoms. The highest BCUT2D eigenvalue weighted by atomic mass is 16.5. The van der Waals surface area contributed by atoms with Crippen LogP contribution in [0.1, 0.15) is 13.3 Å². The Morgan fingerprint density at radius 3 is 2.67 bits per heavy atom. The van der Waals surface area contributed by atoms with Crippen LogP contribution in [0.2, 0.25) is 0 Å². The van der Waals surface area contributed by atoms with E-state index < -0.39 is 5.92 Å². The summed E-state index contributed by atoms with van der Waals surface area (Å²) >= 11 is 0. The smallest absolute Gasteiger partial charge is 0.232 e. The molecule has 1 aliphatic heterocycles. The second kappa shape index (κ2) is 8.06. The van der Waals surface area contributed by atoms with Crippen LogP contribution in [-0.4, -0.2) is 42.1 Å². The fraction of sp³-hybridized carbons (Fsp3) is 0.318. The first-order valence-electron chi connectivity index (χ1n) is 9.84. The van der Waals surface area contributed by atoms with Gasteiger partial charge in [-0.3, -0.25) is 14.9 Å². The molecule has 8 heteroatoms. The topological polar surface area (TPSA) is 85.7 Å². The van der Waals surface area contributed by atoms with Gasteiger partial charge >= 0.3 is 0 Å². The van der Waals surface area contributed by atoms with Crippen LogP contribution in [0.15, 0.2) is 42.5 Å². The van der Waals surface area contributed by atoms with Crippen molar-refractivity contribution in [3.05, 3.63) is 42.5 Å². The first-order valence-corrected chi connectivity index (χ1v) is 9.84. The number of amides is 2. The van der Waals surface area contributed by atoms with Crippen LogP contribution >= 0.6 is 0 Å². The molecular formula is C22H24N4O4. The number of para-hydroxylation sites is 2. The Hall–Kier alpha value is -3.55. The molecule has 0 radical (unpaired) electrons. The number of methoxy groups -OCH3 is 2. The third kappa shape index (κ3) is 3.45. The van der Waals surface area contributed by atoms with E-state index in [2.05, 4.69) is 10.3 Å². The number of anilines is 2. The van der Waals surface area contributed by atoms with Crippen molar-refractivity contribution in [1.29, 1.82) is 0 Å². The molecule has 1 fully saturated rings. The second-order valence-electron chi connectivity index (χ2n) is 7.10. The normalized spacial score (nSPS) is 16.2. The largest absolute Gasteiger partial charge is 0.493 e. The number of rotatable bonds is 6. The maximum Gasteiger partial charge on any atom is 0.232 e. The SMILES string of the molecule is CCn1c(NC(=O)C2CC(=O)N(c3ccc(OC)c(OC)c3)C2)nc2ccccc21. The lowest BCUT2D eigenvalue weighted by atomic mass is 10.1. The molecule has 8 nitrogen and oxygen atoms in total. The molecule has 1 aromatic heterocycles. The van der Waals surface area contributed by atoms with Crippen molar-refractivity contribution in [1.82, 2.24) is 9.55 Å². The average Bonchev–Trinajstić information content (AvgIpc) is 3.32. The first-order chi connectivity index (χ1) is 14.5. The maximum absolute atomic E-state index is 12.9. The van der Waals surface area contributed by atoms with Gasteiger partial charge in [0.25, 0.3) is 0 Å². The molecule has 2 aromatic carbocycles. The number of carbonyl (C=O) groups is 2. The van der Waals surface area contributed by atoms with Crippen molar-refractivity contribution in [3.8, 4) is 11.5 Å². The molecule has 0 saturated carbocycles. The minimum absolute atomic E-state index is 0.105. The first kappa shape index (κ1) is 19.8. The lowest BCUT2D eigenvalue weighted by Crippen LogP contribution is -2.28. The molecule has 1 saturated heterocycles. The summed E-state index contributed by atoms with van der Waals surface area (Å²) in [6, 6.07) is 13.0. The second-order valence-corrected chi connectivity index (χ2v) is 7.10. The van der Waals surface area contributed by atoms with Crippen LogP contribution in [-0.2, 0) is 16.1 Å². The molecule has 1 atom stereocenters. The van der Waals surface area contributed by atoms with Crippen LogP contribution in [0.25, 0.3) is 11.0 Å². The molecule has 3 aromatic rings. The van der Waals surface area contributed by atoms with E-state index in [1.54, 1.807) is 37.3 Å². The minimum atomic E-state index is -0.462. The standard InChI is InChI=1S/C22H24N4O4/c1-4-25-17-8-6-5-7-16(17)23-22(25)24-21(28)14-11-20(27)26(13-14)15-9-10-18(29-2)19(12-15)30-3/h5-10,12,14H,4,11,13H2,1-3H3,(H,23,24,28). The molecule has 30 heavy (non-hydrogen) atoms. The Morgan fingerprint density at radius 2 is 1.93 bits per heavy atom. The van der Waals surface area contributed by atoms with Crippen LogP contribution < -0.4 is 19.7 Å². The Balaban J connectivity index is 1.53. The van der Waals surface area contributed by atoms with E-state index in [0.717, 1.165) is 11.0 Å². The summed E-state index contributed by atoms with van der Waals surface area (Å²) in [5.41, 5.74) is 2.46. The molecule has 156 valence electrons. The van der Waals surface area contributed by atoms with Crippen LogP contribution in [0.4, 0.5) is 11.6 Å². The van der Waals surface area contributed by atoms with Crippen molar-refractivity contribution in [2.24, 2.45) is 5.92 Å². The Bertz CT molecular complexity index is 1110. The van der Waals surface area contributed by atoms with Crippen LogP contribution in [0.3, 0.4) is 0 Å². The third-order valence-electron chi connectivity index (χ3n) is 5.38. The highest BCUT2D eigenvalue weighted by Gasteiger charge is 2.36. The number of fused-ring (bicyclic) bond motifs is 1. The number of ether oxygens (including phenoxy) is 2. The number of nitrogens with one attached hydrogen (secondary N) is 1. The van der Waals surface area contributed by atoms with Gasteiger partial charge in [0, 0.05) is 31.3 Å². The van der Waals surface area contributed by atoms with E-state index in [4.69, 9.17) is 9.47 Å². The molecule has 1 aliphatic rings. The number of nitrogens with zero attached hydrogens (tertiary/aromatic N) is 3. The van der Waals surface area contributed by atoms with Crippen molar-refractivity contribution in [2.75, 3.05) is 31.0 Å². The molecule has 1 N–H and O–H groups in total. The summed E-state index contributed by atoms with van der Waals surface area (Å²) in [5.74, 6) is 0.840. The summed E-state index contributed by atoms with van der Waals surface area (Å²) < 4.78 is 12.5. The van der Waals surface area contributed by atoms with Crippen molar-refractivity contribution in [2.45, 2.75) is 19.9 Å². The summed E-state index contributed by atoms with van der Waals surface area (Å²) in [6.45, 7) is 2.98. The van der Waals surface area contributed by atoms with E-state index in [-0.39, 0.29) is 18.2 Å². The summed E-state index contributed by atoms with van der Waals surface area (Å²) in [6.07, 6.45) is 0.145. The lowest BCUT2D eigenvalue weighted by molar-refractivity contribution is -0.122. The number of imidazole rings is 1. The van der Waals surface area contributed by atoms with Gasteiger partial charge in [-0.25, -0.2) is 4.98 Å². The zero-order chi connectivity index (χ0) is 21.3. The van der Waals surface area contributed by atoms with Crippen LogP contribution in [0, 0.1) is 5.92 Å². The molecule has 0 bridgehead atoms. The van der Waals surface area contributed by atoms with Gasteiger partial charge < -0.3 is 18.9 Å².